The molecule has 1 aliphatic rings. The fraction of sp³-hybridized carbons (Fsp3) is 0.300. The zero-order valence-corrected chi connectivity index (χ0v) is 15.0. The molecule has 142 valence electrons. The van der Waals surface area contributed by atoms with Crippen molar-refractivity contribution in [3.63, 3.8) is 0 Å². The average molecular weight is 375 g/mol. The van der Waals surface area contributed by atoms with Gasteiger partial charge in [0.15, 0.2) is 0 Å². The first-order valence-electron chi connectivity index (χ1n) is 8.61. The molecule has 2 aromatic rings. The number of amides is 1. The SMILES string of the molecule is Cc1cccnc1N1CC=C(C(=O)Nc2ccc(C(F)(F)F)cc2)[C@@H](C)C1. The number of aromatic nitrogens is 1. The van der Waals surface area contributed by atoms with Gasteiger partial charge in [0.05, 0.1) is 5.56 Å². The van der Waals surface area contributed by atoms with Crippen LogP contribution in [0.4, 0.5) is 24.7 Å². The lowest BCUT2D eigenvalue weighted by Crippen LogP contribution is -2.37. The maximum atomic E-state index is 12.6. The van der Waals surface area contributed by atoms with Gasteiger partial charge in [-0.05, 0) is 42.8 Å². The number of nitrogens with zero attached hydrogens (tertiary/aromatic N) is 2. The van der Waals surface area contributed by atoms with Crippen LogP contribution in [0.15, 0.2) is 54.2 Å². The summed E-state index contributed by atoms with van der Waals surface area (Å²) in [4.78, 5) is 19.0. The summed E-state index contributed by atoms with van der Waals surface area (Å²) in [5, 5.41) is 2.68. The van der Waals surface area contributed by atoms with Crippen LogP contribution in [0, 0.1) is 12.8 Å². The zero-order chi connectivity index (χ0) is 19.6. The van der Waals surface area contributed by atoms with Crippen LogP contribution in [0.1, 0.15) is 18.1 Å². The number of carbonyl (C=O) groups excluding carboxylic acids is 1. The summed E-state index contributed by atoms with van der Waals surface area (Å²) in [5.41, 5.74) is 1.28. The Labute approximate surface area is 155 Å². The van der Waals surface area contributed by atoms with Gasteiger partial charge >= 0.3 is 6.18 Å². The number of aryl methyl sites for hydroxylation is 1. The fourth-order valence-electron chi connectivity index (χ4n) is 3.16. The van der Waals surface area contributed by atoms with E-state index >= 15 is 0 Å². The summed E-state index contributed by atoms with van der Waals surface area (Å²) >= 11 is 0. The number of nitrogens with one attached hydrogen (secondary N) is 1. The number of alkyl halides is 3. The third kappa shape index (κ3) is 4.30. The number of rotatable bonds is 3. The molecule has 0 saturated carbocycles. The van der Waals surface area contributed by atoms with Crippen molar-refractivity contribution in [2.24, 2.45) is 5.92 Å². The second kappa shape index (κ2) is 7.42. The van der Waals surface area contributed by atoms with Gasteiger partial charge in [-0.1, -0.05) is 19.1 Å². The van der Waals surface area contributed by atoms with E-state index in [1.165, 1.54) is 12.1 Å². The van der Waals surface area contributed by atoms with E-state index in [0.717, 1.165) is 23.5 Å². The van der Waals surface area contributed by atoms with E-state index in [-0.39, 0.29) is 11.8 Å². The molecule has 0 bridgehead atoms. The largest absolute Gasteiger partial charge is 0.416 e. The minimum absolute atomic E-state index is 0.0328. The van der Waals surface area contributed by atoms with E-state index in [2.05, 4.69) is 15.2 Å². The van der Waals surface area contributed by atoms with Gasteiger partial charge < -0.3 is 10.2 Å². The molecule has 4 nitrogen and oxygen atoms in total. The summed E-state index contributed by atoms with van der Waals surface area (Å²) in [7, 11) is 0. The molecule has 7 heteroatoms. The molecular weight excluding hydrogens is 355 g/mol. The van der Waals surface area contributed by atoms with Gasteiger partial charge in [-0.3, -0.25) is 4.79 Å². The first-order valence-corrected chi connectivity index (χ1v) is 8.61. The van der Waals surface area contributed by atoms with Crippen LogP contribution in [0.2, 0.25) is 0 Å². The van der Waals surface area contributed by atoms with E-state index < -0.39 is 11.7 Å². The van der Waals surface area contributed by atoms with Gasteiger partial charge in [-0.2, -0.15) is 13.2 Å². The molecule has 1 aromatic heterocycles. The number of hydrogen-bond acceptors (Lipinski definition) is 3. The Bertz CT molecular complexity index is 860. The Morgan fingerprint density at radius 3 is 2.52 bits per heavy atom. The molecule has 1 atom stereocenters. The minimum Gasteiger partial charge on any atom is -0.352 e. The standard InChI is InChI=1S/C20H20F3N3O/c1-13-4-3-10-24-18(13)26-11-9-17(14(2)12-26)19(27)25-16-7-5-15(6-8-16)20(21,22)23/h3-10,14H,11-12H2,1-2H3,(H,25,27)/t14-/m0/s1. The third-order valence-electron chi connectivity index (χ3n) is 4.57. The number of hydrogen-bond donors (Lipinski definition) is 1. The molecule has 0 fully saturated rings. The molecule has 0 radical (unpaired) electrons. The van der Waals surface area contributed by atoms with Gasteiger partial charge in [-0.15, -0.1) is 0 Å². The Hall–Kier alpha value is -2.83. The van der Waals surface area contributed by atoms with Crippen molar-refractivity contribution >= 4 is 17.4 Å². The van der Waals surface area contributed by atoms with Crippen LogP contribution in [-0.2, 0) is 11.0 Å². The van der Waals surface area contributed by atoms with Crippen LogP contribution in [0.3, 0.4) is 0 Å². The van der Waals surface area contributed by atoms with Crippen molar-refractivity contribution in [3.05, 3.63) is 65.4 Å². The maximum absolute atomic E-state index is 12.6. The van der Waals surface area contributed by atoms with E-state index in [1.54, 1.807) is 6.20 Å². The zero-order valence-electron chi connectivity index (χ0n) is 15.0. The van der Waals surface area contributed by atoms with Crippen molar-refractivity contribution in [1.82, 2.24) is 4.98 Å². The van der Waals surface area contributed by atoms with Gasteiger partial charge in [-0.25, -0.2) is 4.98 Å². The van der Waals surface area contributed by atoms with Crippen molar-refractivity contribution in [2.45, 2.75) is 20.0 Å². The third-order valence-corrected chi connectivity index (χ3v) is 4.57. The lowest BCUT2D eigenvalue weighted by atomic mass is 9.95. The topological polar surface area (TPSA) is 45.2 Å². The summed E-state index contributed by atoms with van der Waals surface area (Å²) in [5.74, 6) is 0.567. The van der Waals surface area contributed by atoms with E-state index in [4.69, 9.17) is 0 Å². The van der Waals surface area contributed by atoms with Crippen molar-refractivity contribution < 1.29 is 18.0 Å². The number of carbonyl (C=O) groups is 1. The van der Waals surface area contributed by atoms with Crippen molar-refractivity contribution in [2.75, 3.05) is 23.3 Å². The minimum atomic E-state index is -4.39. The van der Waals surface area contributed by atoms with E-state index in [9.17, 15) is 18.0 Å². The highest BCUT2D eigenvalue weighted by atomic mass is 19.4. The number of benzene rings is 1. The normalized spacial score (nSPS) is 17.4. The first kappa shape index (κ1) is 18.9. The van der Waals surface area contributed by atoms with Crippen LogP contribution < -0.4 is 10.2 Å². The number of pyridine rings is 1. The predicted octanol–water partition coefficient (Wildman–Crippen LogP) is 4.43. The lowest BCUT2D eigenvalue weighted by molar-refractivity contribution is -0.137. The summed E-state index contributed by atoms with van der Waals surface area (Å²) < 4.78 is 37.9. The molecule has 0 unspecified atom stereocenters. The van der Waals surface area contributed by atoms with E-state index in [0.29, 0.717) is 24.4 Å². The quantitative estimate of drug-likeness (QED) is 0.863. The van der Waals surface area contributed by atoms with Gasteiger partial charge in [0, 0.05) is 36.5 Å². The second-order valence-electron chi connectivity index (χ2n) is 6.64. The highest BCUT2D eigenvalue weighted by Gasteiger charge is 2.30. The van der Waals surface area contributed by atoms with Gasteiger partial charge in [0.1, 0.15) is 5.82 Å². The number of anilines is 2. The molecule has 1 aromatic carbocycles. The molecule has 0 spiro atoms. The van der Waals surface area contributed by atoms with Crippen molar-refractivity contribution in [3.8, 4) is 0 Å². The Morgan fingerprint density at radius 2 is 1.93 bits per heavy atom. The second-order valence-corrected chi connectivity index (χ2v) is 6.64. The predicted molar refractivity (Wildman–Crippen MR) is 98.5 cm³/mol. The van der Waals surface area contributed by atoms with Crippen molar-refractivity contribution in [1.29, 1.82) is 0 Å². The van der Waals surface area contributed by atoms with Gasteiger partial charge in [0.25, 0.3) is 5.91 Å². The fourth-order valence-corrected chi connectivity index (χ4v) is 3.16. The molecule has 1 amide bonds. The van der Waals surface area contributed by atoms with Gasteiger partial charge in [0.2, 0.25) is 0 Å². The monoisotopic (exact) mass is 375 g/mol. The molecule has 1 N–H and O–H groups in total. The summed E-state index contributed by atoms with van der Waals surface area (Å²) in [6.45, 7) is 5.13. The Morgan fingerprint density at radius 1 is 1.22 bits per heavy atom. The highest BCUT2D eigenvalue weighted by molar-refractivity contribution is 6.04. The first-order chi connectivity index (χ1) is 12.8. The molecule has 3 rings (SSSR count). The van der Waals surface area contributed by atoms with Crippen LogP contribution in [-0.4, -0.2) is 24.0 Å². The Balaban J connectivity index is 1.69. The molecule has 0 aliphatic carbocycles. The van der Waals surface area contributed by atoms with E-state index in [1.807, 2.05) is 32.1 Å². The molecular formula is C20H20F3N3O. The molecule has 1 aliphatic heterocycles. The maximum Gasteiger partial charge on any atom is 0.416 e. The lowest BCUT2D eigenvalue weighted by Gasteiger charge is -2.32. The molecule has 27 heavy (non-hydrogen) atoms. The average Bonchev–Trinajstić information content (AvgIpc) is 2.61. The van der Waals surface area contributed by atoms with Crippen LogP contribution in [0.5, 0.6) is 0 Å². The Kier molecular flexibility index (Phi) is 5.21. The summed E-state index contributed by atoms with van der Waals surface area (Å²) in [6, 6.07) is 8.31. The molecule has 2 heterocycles. The highest BCUT2D eigenvalue weighted by Crippen LogP contribution is 2.30. The van der Waals surface area contributed by atoms with Crippen LogP contribution in [0.25, 0.3) is 0 Å². The number of halogens is 3. The summed E-state index contributed by atoms with van der Waals surface area (Å²) in [6.07, 6.45) is -0.804. The van der Waals surface area contributed by atoms with Crippen LogP contribution >= 0.6 is 0 Å². The molecule has 0 saturated heterocycles. The smallest absolute Gasteiger partial charge is 0.352 e.